The molecule has 16 heavy (non-hydrogen) atoms. The molecular formula is C9H13F6N. The topological polar surface area (TPSA) is 3.24 Å². The maximum absolute atomic E-state index is 13.3. The fourth-order valence-corrected chi connectivity index (χ4v) is 1.95. The zero-order valence-electron chi connectivity index (χ0n) is 8.70. The van der Waals surface area contributed by atoms with Gasteiger partial charge in [-0.15, -0.1) is 0 Å². The largest absolute Gasteiger partial charge is 0.425 e. The first kappa shape index (κ1) is 13.6. The van der Waals surface area contributed by atoms with Crippen molar-refractivity contribution in [2.45, 2.75) is 43.6 Å². The summed E-state index contributed by atoms with van der Waals surface area (Å²) >= 11 is 0. The van der Waals surface area contributed by atoms with Crippen LogP contribution in [0.1, 0.15) is 19.3 Å². The Morgan fingerprint density at radius 2 is 1.69 bits per heavy atom. The van der Waals surface area contributed by atoms with Gasteiger partial charge in [0.2, 0.25) is 0 Å². The number of alkyl halides is 6. The fraction of sp³-hybridized carbons (Fsp3) is 1.00. The number of rotatable bonds is 2. The summed E-state index contributed by atoms with van der Waals surface area (Å²) in [5.74, 6) is -4.38. The predicted octanol–water partition coefficient (Wildman–Crippen LogP) is 3.01. The van der Waals surface area contributed by atoms with Crippen LogP contribution in [0.15, 0.2) is 0 Å². The molecule has 0 bridgehead atoms. The summed E-state index contributed by atoms with van der Waals surface area (Å²) in [4.78, 5) is 1.10. The van der Waals surface area contributed by atoms with Crippen molar-refractivity contribution in [2.24, 2.45) is 0 Å². The van der Waals surface area contributed by atoms with E-state index in [1.807, 2.05) is 0 Å². The van der Waals surface area contributed by atoms with E-state index in [2.05, 4.69) is 0 Å². The number of hydrogen-bond acceptors (Lipinski definition) is 1. The molecule has 1 rings (SSSR count). The van der Waals surface area contributed by atoms with Crippen LogP contribution in [-0.2, 0) is 0 Å². The molecule has 0 aliphatic carbocycles. The summed E-state index contributed by atoms with van der Waals surface area (Å²) in [6.45, 7) is 0.269. The lowest BCUT2D eigenvalue weighted by Crippen LogP contribution is -2.56. The highest BCUT2D eigenvalue weighted by Gasteiger charge is 2.61. The third-order valence-electron chi connectivity index (χ3n) is 2.84. The van der Waals surface area contributed by atoms with Gasteiger partial charge in [-0.05, 0) is 26.4 Å². The van der Waals surface area contributed by atoms with Crippen LogP contribution in [0.4, 0.5) is 26.3 Å². The average molecular weight is 249 g/mol. The van der Waals surface area contributed by atoms with Crippen molar-refractivity contribution >= 4 is 0 Å². The van der Waals surface area contributed by atoms with E-state index in [-0.39, 0.29) is 13.0 Å². The van der Waals surface area contributed by atoms with Gasteiger partial charge in [0.05, 0.1) is 6.04 Å². The van der Waals surface area contributed by atoms with E-state index in [4.69, 9.17) is 0 Å². The van der Waals surface area contributed by atoms with E-state index in [1.54, 1.807) is 0 Å². The third kappa shape index (κ3) is 2.61. The second-order valence-electron chi connectivity index (χ2n) is 4.07. The maximum Gasteiger partial charge on any atom is 0.425 e. The lowest BCUT2D eigenvalue weighted by atomic mass is 9.94. The molecule has 0 amide bonds. The highest BCUT2D eigenvalue weighted by molar-refractivity contribution is 4.95. The summed E-state index contributed by atoms with van der Waals surface area (Å²) < 4.78 is 75.2. The van der Waals surface area contributed by atoms with Gasteiger partial charge >= 0.3 is 12.1 Å². The van der Waals surface area contributed by atoms with Crippen molar-refractivity contribution in [1.82, 2.24) is 4.90 Å². The van der Waals surface area contributed by atoms with E-state index >= 15 is 0 Å². The van der Waals surface area contributed by atoms with Gasteiger partial charge in [0.25, 0.3) is 6.17 Å². The second kappa shape index (κ2) is 4.43. The molecule has 1 aliphatic rings. The summed E-state index contributed by atoms with van der Waals surface area (Å²) in [6, 6.07) is -1.67. The molecule has 1 nitrogen and oxygen atoms in total. The molecule has 2 unspecified atom stereocenters. The first-order chi connectivity index (χ1) is 7.17. The highest BCUT2D eigenvalue weighted by Crippen LogP contribution is 2.40. The Kier molecular flexibility index (Phi) is 3.76. The highest BCUT2D eigenvalue weighted by atomic mass is 19.4. The van der Waals surface area contributed by atoms with Gasteiger partial charge in [-0.1, -0.05) is 6.42 Å². The van der Waals surface area contributed by atoms with Gasteiger partial charge in [0, 0.05) is 0 Å². The molecule has 1 fully saturated rings. The first-order valence-corrected chi connectivity index (χ1v) is 4.96. The number of hydrogen-bond donors (Lipinski definition) is 0. The van der Waals surface area contributed by atoms with Crippen LogP contribution in [0, 0.1) is 0 Å². The lowest BCUT2D eigenvalue weighted by Gasteiger charge is -2.39. The summed E-state index contributed by atoms with van der Waals surface area (Å²) in [5, 5.41) is 0. The number of halogens is 6. The van der Waals surface area contributed by atoms with Crippen molar-refractivity contribution in [2.75, 3.05) is 13.6 Å². The van der Waals surface area contributed by atoms with Crippen molar-refractivity contribution in [1.29, 1.82) is 0 Å². The molecule has 0 aromatic heterocycles. The Hall–Kier alpha value is -0.460. The number of nitrogens with zero attached hydrogens (tertiary/aromatic N) is 1. The number of piperidine rings is 1. The molecular weight excluding hydrogens is 236 g/mol. The standard InChI is InChI=1S/C9H13F6N/c1-16-5-3-2-4-6(16)8(11,12)7(10)9(13,14)15/h6-7H,2-5H2,1H3. The van der Waals surface area contributed by atoms with Crippen LogP contribution in [0.5, 0.6) is 0 Å². The van der Waals surface area contributed by atoms with E-state index in [0.29, 0.717) is 12.8 Å². The molecule has 7 heteroatoms. The molecule has 96 valence electrons. The minimum absolute atomic E-state index is 0.111. The van der Waals surface area contributed by atoms with Gasteiger partial charge in [-0.3, -0.25) is 4.90 Å². The van der Waals surface area contributed by atoms with E-state index in [9.17, 15) is 26.3 Å². The van der Waals surface area contributed by atoms with Crippen LogP contribution in [0.25, 0.3) is 0 Å². The quantitative estimate of drug-likeness (QED) is 0.680. The Balaban J connectivity index is 2.82. The zero-order valence-corrected chi connectivity index (χ0v) is 8.70. The Bertz CT molecular complexity index is 239. The molecule has 1 aliphatic heterocycles. The Morgan fingerprint density at radius 3 is 2.12 bits per heavy atom. The Labute approximate surface area is 89.4 Å². The molecule has 0 saturated carbocycles. The van der Waals surface area contributed by atoms with Crippen molar-refractivity contribution in [3.63, 3.8) is 0 Å². The SMILES string of the molecule is CN1CCCCC1C(F)(F)C(F)C(F)(F)F. The smallest absolute Gasteiger partial charge is 0.298 e. The van der Waals surface area contributed by atoms with Gasteiger partial charge < -0.3 is 0 Å². The monoisotopic (exact) mass is 249 g/mol. The van der Waals surface area contributed by atoms with Crippen LogP contribution < -0.4 is 0 Å². The van der Waals surface area contributed by atoms with E-state index < -0.39 is 24.3 Å². The minimum Gasteiger partial charge on any atom is -0.298 e. The maximum atomic E-state index is 13.3. The number of likely N-dealkylation sites (tertiary alicyclic amines) is 1. The molecule has 1 heterocycles. The summed E-state index contributed by atoms with van der Waals surface area (Å²) in [7, 11) is 1.29. The van der Waals surface area contributed by atoms with E-state index in [0.717, 1.165) is 4.90 Å². The lowest BCUT2D eigenvalue weighted by molar-refractivity contribution is -0.260. The molecule has 0 aromatic carbocycles. The van der Waals surface area contributed by atoms with Gasteiger partial charge in [-0.25, -0.2) is 13.2 Å². The van der Waals surface area contributed by atoms with E-state index in [1.165, 1.54) is 7.05 Å². The zero-order chi connectivity index (χ0) is 12.6. The first-order valence-electron chi connectivity index (χ1n) is 4.96. The van der Waals surface area contributed by atoms with Gasteiger partial charge in [0.1, 0.15) is 0 Å². The van der Waals surface area contributed by atoms with Crippen LogP contribution in [0.2, 0.25) is 0 Å². The molecule has 0 N–H and O–H groups in total. The average Bonchev–Trinajstić information content (AvgIpc) is 2.15. The molecule has 1 saturated heterocycles. The van der Waals surface area contributed by atoms with Gasteiger partial charge in [-0.2, -0.15) is 13.2 Å². The molecule has 0 spiro atoms. The van der Waals surface area contributed by atoms with Crippen LogP contribution >= 0.6 is 0 Å². The second-order valence-corrected chi connectivity index (χ2v) is 4.07. The molecule has 0 radical (unpaired) electrons. The summed E-state index contributed by atoms with van der Waals surface area (Å²) in [6.07, 6.45) is -8.67. The third-order valence-corrected chi connectivity index (χ3v) is 2.84. The van der Waals surface area contributed by atoms with Crippen LogP contribution in [-0.4, -0.2) is 42.8 Å². The van der Waals surface area contributed by atoms with Gasteiger partial charge in [0.15, 0.2) is 0 Å². The Morgan fingerprint density at radius 1 is 1.12 bits per heavy atom. The van der Waals surface area contributed by atoms with Crippen molar-refractivity contribution < 1.29 is 26.3 Å². The van der Waals surface area contributed by atoms with Crippen molar-refractivity contribution in [3.8, 4) is 0 Å². The predicted molar refractivity (Wildman–Crippen MR) is 46.2 cm³/mol. The normalized spacial score (nSPS) is 26.8. The molecule has 0 aromatic rings. The molecule has 2 atom stereocenters. The minimum atomic E-state index is -5.51. The van der Waals surface area contributed by atoms with Crippen LogP contribution in [0.3, 0.4) is 0 Å². The van der Waals surface area contributed by atoms with Crippen molar-refractivity contribution in [3.05, 3.63) is 0 Å². The fourth-order valence-electron chi connectivity index (χ4n) is 1.95. The summed E-state index contributed by atoms with van der Waals surface area (Å²) in [5.41, 5.74) is 0.